The molecule has 0 aromatic heterocycles. The molecule has 3 N–H and O–H groups in total. The van der Waals surface area contributed by atoms with E-state index < -0.39 is 38.2 Å². The molecule has 4 rings (SSSR count). The summed E-state index contributed by atoms with van der Waals surface area (Å²) in [6.07, 6.45) is -4.94. The molecule has 42 heavy (non-hydrogen) atoms. The van der Waals surface area contributed by atoms with Crippen LogP contribution in [-0.4, -0.2) is 19.6 Å². The predicted molar refractivity (Wildman–Crippen MR) is 154 cm³/mol. The number of amides is 2. The Bertz CT molecular complexity index is 1710. The Hall–Kier alpha value is -4.51. The number of anilines is 2. The smallest absolute Gasteiger partial charge is 0.418 e. The number of alkyl halides is 3. The molecule has 4 aromatic rings. The van der Waals surface area contributed by atoms with E-state index in [-0.39, 0.29) is 16.6 Å². The number of hydrogen-bond acceptors (Lipinski definition) is 5. The summed E-state index contributed by atoms with van der Waals surface area (Å²) >= 11 is 0. The molecule has 2 amide bonds. The second kappa shape index (κ2) is 11.8. The van der Waals surface area contributed by atoms with Crippen molar-refractivity contribution in [3.05, 3.63) is 101 Å². The minimum Gasteiger partial charge on any atom is -0.508 e. The number of ether oxygens (including phenoxy) is 1. The highest BCUT2D eigenvalue weighted by molar-refractivity contribution is 7.91. The fraction of sp³-hybridized carbons (Fsp3) is 0.194. The number of phenols is 1. The first-order valence-corrected chi connectivity index (χ1v) is 14.4. The summed E-state index contributed by atoms with van der Waals surface area (Å²) in [5.41, 5.74) is 0.419. The Balaban J connectivity index is 1.55. The van der Waals surface area contributed by atoms with E-state index in [4.69, 9.17) is 4.74 Å². The first-order valence-electron chi connectivity index (χ1n) is 12.9. The lowest BCUT2D eigenvalue weighted by Crippen LogP contribution is -2.22. The van der Waals surface area contributed by atoms with Gasteiger partial charge >= 0.3 is 12.2 Å². The van der Waals surface area contributed by atoms with Crippen molar-refractivity contribution in [1.82, 2.24) is 0 Å². The number of carbonyl (C=O) groups excluding carboxylic acids is 1. The van der Waals surface area contributed by atoms with Crippen LogP contribution < -0.4 is 15.4 Å². The lowest BCUT2D eigenvalue weighted by Gasteiger charge is -2.18. The molecular weight excluding hydrogens is 569 g/mol. The second-order valence-electron chi connectivity index (χ2n) is 10.0. The molecule has 0 unspecified atom stereocenters. The van der Waals surface area contributed by atoms with Crippen molar-refractivity contribution < 1.29 is 36.2 Å². The maximum atomic E-state index is 13.9. The molecule has 7 nitrogen and oxygen atoms in total. The zero-order valence-corrected chi connectivity index (χ0v) is 24.0. The van der Waals surface area contributed by atoms with Crippen LogP contribution in [0.5, 0.6) is 17.2 Å². The molecule has 0 saturated heterocycles. The number of rotatable bonds is 7. The van der Waals surface area contributed by atoms with Crippen LogP contribution in [0.3, 0.4) is 0 Å². The summed E-state index contributed by atoms with van der Waals surface area (Å²) in [5, 5.41) is 14.8. The topological polar surface area (TPSA) is 105 Å². The number of carbonyl (C=O) groups is 1. The Kier molecular flexibility index (Phi) is 8.53. The molecule has 0 aliphatic carbocycles. The molecule has 0 saturated carbocycles. The van der Waals surface area contributed by atoms with E-state index in [9.17, 15) is 31.5 Å². The van der Waals surface area contributed by atoms with Crippen LogP contribution in [0.1, 0.15) is 42.0 Å². The average Bonchev–Trinajstić information content (AvgIpc) is 2.91. The van der Waals surface area contributed by atoms with Gasteiger partial charge in [0, 0.05) is 11.3 Å². The van der Waals surface area contributed by atoms with Crippen LogP contribution in [0.25, 0.3) is 0 Å². The van der Waals surface area contributed by atoms with Crippen molar-refractivity contribution in [2.75, 3.05) is 10.6 Å². The molecule has 0 fully saturated rings. The summed E-state index contributed by atoms with van der Waals surface area (Å²) in [4.78, 5) is 12.0. The highest BCUT2D eigenvalue weighted by Crippen LogP contribution is 2.38. The van der Waals surface area contributed by atoms with E-state index in [0.717, 1.165) is 17.7 Å². The zero-order valence-electron chi connectivity index (χ0n) is 23.2. The molecule has 0 spiro atoms. The molecule has 0 aliphatic heterocycles. The minimum atomic E-state index is -4.94. The third-order valence-electron chi connectivity index (χ3n) is 6.47. The standard InChI is InChI=1S/C31H29F3N2O5S/c1-18(2)25-16-22(10-13-28(25)37)41-29-19(3)14-21(15-20(29)4)35-30(38)36-27-12-11-24(17-26(27)31(32,33)34)42(39,40)23-8-6-5-7-9-23/h5-18,37H,1-4H3,(H2,35,36,38). The van der Waals surface area contributed by atoms with Crippen LogP contribution in [0, 0.1) is 13.8 Å². The number of urea groups is 1. The van der Waals surface area contributed by atoms with Gasteiger partial charge in [-0.1, -0.05) is 32.0 Å². The maximum absolute atomic E-state index is 13.9. The van der Waals surface area contributed by atoms with Crippen LogP contribution in [0.4, 0.5) is 29.3 Å². The van der Waals surface area contributed by atoms with Crippen molar-refractivity contribution in [1.29, 1.82) is 0 Å². The molecule has 220 valence electrons. The second-order valence-corrected chi connectivity index (χ2v) is 12.0. The van der Waals surface area contributed by atoms with Gasteiger partial charge in [0.05, 0.1) is 21.0 Å². The molecule has 0 atom stereocenters. The maximum Gasteiger partial charge on any atom is 0.418 e. The Morgan fingerprint density at radius 2 is 1.50 bits per heavy atom. The highest BCUT2D eigenvalue weighted by atomic mass is 32.2. The normalized spacial score (nSPS) is 11.8. The zero-order chi connectivity index (χ0) is 30.8. The lowest BCUT2D eigenvalue weighted by atomic mass is 10.0. The fourth-order valence-electron chi connectivity index (χ4n) is 4.41. The largest absolute Gasteiger partial charge is 0.508 e. The molecule has 0 radical (unpaired) electrons. The number of hydrogen-bond donors (Lipinski definition) is 3. The van der Waals surface area contributed by atoms with Gasteiger partial charge in [-0.3, -0.25) is 0 Å². The van der Waals surface area contributed by atoms with Gasteiger partial charge in [0.2, 0.25) is 9.84 Å². The summed E-state index contributed by atoms with van der Waals surface area (Å²) in [6, 6.07) is 16.7. The van der Waals surface area contributed by atoms with E-state index in [0.29, 0.717) is 34.4 Å². The van der Waals surface area contributed by atoms with E-state index in [1.165, 1.54) is 24.3 Å². The number of nitrogens with one attached hydrogen (secondary N) is 2. The number of phenolic OH excluding ortho intramolecular Hbond substituents is 1. The molecule has 0 bridgehead atoms. The summed E-state index contributed by atoms with van der Waals surface area (Å²) in [7, 11) is -4.21. The van der Waals surface area contributed by atoms with Crippen LogP contribution >= 0.6 is 0 Å². The molecule has 4 aromatic carbocycles. The molecule has 0 heterocycles. The average molecular weight is 599 g/mol. The van der Waals surface area contributed by atoms with Crippen molar-refractivity contribution in [3.8, 4) is 17.2 Å². The van der Waals surface area contributed by atoms with Crippen LogP contribution in [0.15, 0.2) is 88.7 Å². The summed E-state index contributed by atoms with van der Waals surface area (Å²) in [5.74, 6) is 1.27. The van der Waals surface area contributed by atoms with E-state index in [1.807, 2.05) is 13.8 Å². The predicted octanol–water partition coefficient (Wildman–Crippen LogP) is 8.42. The minimum absolute atomic E-state index is 0.0724. The number of sulfone groups is 1. The van der Waals surface area contributed by atoms with Gasteiger partial charge in [-0.2, -0.15) is 13.2 Å². The van der Waals surface area contributed by atoms with Gasteiger partial charge in [-0.05, 0) is 91.6 Å². The van der Waals surface area contributed by atoms with Crippen LogP contribution in [-0.2, 0) is 16.0 Å². The van der Waals surface area contributed by atoms with Crippen molar-refractivity contribution >= 4 is 27.2 Å². The first kappa shape index (κ1) is 30.4. The van der Waals surface area contributed by atoms with Crippen molar-refractivity contribution in [2.45, 2.75) is 49.6 Å². The number of aryl methyl sites for hydroxylation is 2. The first-order chi connectivity index (χ1) is 19.7. The van der Waals surface area contributed by atoms with Crippen LogP contribution in [0.2, 0.25) is 0 Å². The van der Waals surface area contributed by atoms with E-state index in [2.05, 4.69) is 10.6 Å². The summed E-state index contributed by atoms with van der Waals surface area (Å²) in [6.45, 7) is 7.39. The Labute approximate surface area is 241 Å². The number of aromatic hydroxyl groups is 1. The molecule has 0 aliphatic rings. The van der Waals surface area contributed by atoms with Gasteiger partial charge in [0.1, 0.15) is 17.2 Å². The van der Waals surface area contributed by atoms with Crippen molar-refractivity contribution in [3.63, 3.8) is 0 Å². The summed E-state index contributed by atoms with van der Waals surface area (Å²) < 4.78 is 73.6. The van der Waals surface area contributed by atoms with E-state index in [1.54, 1.807) is 50.2 Å². The van der Waals surface area contributed by atoms with Gasteiger partial charge in [0.25, 0.3) is 0 Å². The number of benzene rings is 4. The quantitative estimate of drug-likeness (QED) is 0.198. The van der Waals surface area contributed by atoms with Gasteiger partial charge in [0.15, 0.2) is 0 Å². The molecular formula is C31H29F3N2O5S. The lowest BCUT2D eigenvalue weighted by molar-refractivity contribution is -0.137. The Morgan fingerprint density at radius 3 is 2.10 bits per heavy atom. The SMILES string of the molecule is Cc1cc(NC(=O)Nc2ccc(S(=O)(=O)c3ccccc3)cc2C(F)(F)F)cc(C)c1Oc1ccc(O)c(C(C)C)c1. The highest BCUT2D eigenvalue weighted by Gasteiger charge is 2.35. The monoisotopic (exact) mass is 598 g/mol. The molecule has 11 heteroatoms. The van der Waals surface area contributed by atoms with Gasteiger partial charge in [-0.15, -0.1) is 0 Å². The Morgan fingerprint density at radius 1 is 0.857 bits per heavy atom. The van der Waals surface area contributed by atoms with Gasteiger partial charge < -0.3 is 20.5 Å². The fourth-order valence-corrected chi connectivity index (χ4v) is 5.72. The van der Waals surface area contributed by atoms with Crippen molar-refractivity contribution in [2.24, 2.45) is 0 Å². The third-order valence-corrected chi connectivity index (χ3v) is 8.23. The third kappa shape index (κ3) is 6.68. The van der Waals surface area contributed by atoms with Gasteiger partial charge in [-0.25, -0.2) is 13.2 Å². The number of halogens is 3. The van der Waals surface area contributed by atoms with E-state index >= 15 is 0 Å².